The van der Waals surface area contributed by atoms with Gasteiger partial charge in [-0.2, -0.15) is 10.1 Å². The van der Waals surface area contributed by atoms with Crippen LogP contribution in [-0.4, -0.2) is 24.3 Å². The monoisotopic (exact) mass is 352 g/mol. The molecule has 0 fully saturated rings. The Labute approximate surface area is 144 Å². The summed E-state index contributed by atoms with van der Waals surface area (Å²) in [6.45, 7) is 8.23. The fourth-order valence-electron chi connectivity index (χ4n) is 2.28. The summed E-state index contributed by atoms with van der Waals surface area (Å²) >= 11 is 12.4. The van der Waals surface area contributed by atoms with Crippen LogP contribution in [0.5, 0.6) is 0 Å². The van der Waals surface area contributed by atoms with E-state index in [4.69, 9.17) is 23.2 Å². The quantitative estimate of drug-likeness (QED) is 0.729. The van der Waals surface area contributed by atoms with Crippen molar-refractivity contribution >= 4 is 45.9 Å². The van der Waals surface area contributed by atoms with E-state index in [-0.39, 0.29) is 12.1 Å². The van der Waals surface area contributed by atoms with E-state index in [1.807, 2.05) is 30.8 Å². The van der Waals surface area contributed by atoms with Crippen LogP contribution in [0.3, 0.4) is 0 Å². The average molecular weight is 353 g/mol. The molecule has 1 N–H and O–H groups in total. The van der Waals surface area contributed by atoms with Crippen molar-refractivity contribution in [3.05, 3.63) is 28.8 Å². The zero-order valence-electron chi connectivity index (χ0n) is 13.4. The third-order valence-corrected chi connectivity index (χ3v) is 4.12. The van der Waals surface area contributed by atoms with Crippen molar-refractivity contribution in [1.82, 2.24) is 24.3 Å². The van der Waals surface area contributed by atoms with Gasteiger partial charge in [0.2, 0.25) is 5.95 Å². The highest BCUT2D eigenvalue weighted by atomic mass is 35.5. The molecule has 0 unspecified atom stereocenters. The first-order chi connectivity index (χ1) is 10.9. The van der Waals surface area contributed by atoms with Gasteiger partial charge in [0.15, 0.2) is 5.15 Å². The van der Waals surface area contributed by atoms with Gasteiger partial charge in [0.05, 0.1) is 22.3 Å². The average Bonchev–Trinajstić information content (AvgIpc) is 3.01. The normalized spacial score (nSPS) is 11.8. The van der Waals surface area contributed by atoms with Gasteiger partial charge < -0.3 is 9.88 Å². The Hall–Kier alpha value is -1.79. The topological polar surface area (TPSA) is 60.6 Å². The van der Waals surface area contributed by atoms with Gasteiger partial charge in [-0.25, -0.2) is 4.98 Å². The number of rotatable bonds is 4. The number of nitrogens with one attached hydrogen (secondary N) is 1. The minimum Gasteiger partial charge on any atom is -0.328 e. The molecule has 6 nitrogen and oxygen atoms in total. The largest absolute Gasteiger partial charge is 0.328 e. The lowest BCUT2D eigenvalue weighted by Gasteiger charge is -2.09. The molecule has 0 amide bonds. The van der Waals surface area contributed by atoms with Crippen LogP contribution >= 0.6 is 23.2 Å². The van der Waals surface area contributed by atoms with E-state index < -0.39 is 0 Å². The number of hydrogen-bond acceptors (Lipinski definition) is 4. The smallest absolute Gasteiger partial charge is 0.229 e. The van der Waals surface area contributed by atoms with Gasteiger partial charge in [-0.3, -0.25) is 4.68 Å². The first kappa shape index (κ1) is 16.1. The molecule has 3 heterocycles. The van der Waals surface area contributed by atoms with Crippen LogP contribution in [0.4, 0.5) is 11.6 Å². The SMILES string of the molecule is CC(C)n1cc(Nc2ncc3c(Cl)cn(C(C)C)c3n2)c(Cl)n1. The van der Waals surface area contributed by atoms with E-state index >= 15 is 0 Å². The predicted octanol–water partition coefficient (Wildman–Crippen LogP) is 4.84. The van der Waals surface area contributed by atoms with Crippen molar-refractivity contribution in [3.63, 3.8) is 0 Å². The zero-order chi connectivity index (χ0) is 16.7. The zero-order valence-corrected chi connectivity index (χ0v) is 14.9. The summed E-state index contributed by atoms with van der Waals surface area (Å²) in [4.78, 5) is 8.88. The van der Waals surface area contributed by atoms with E-state index in [1.54, 1.807) is 10.9 Å². The van der Waals surface area contributed by atoms with Crippen LogP contribution in [0.25, 0.3) is 11.0 Å². The lowest BCUT2D eigenvalue weighted by molar-refractivity contribution is 0.533. The Balaban J connectivity index is 1.99. The van der Waals surface area contributed by atoms with Crippen LogP contribution in [-0.2, 0) is 0 Å². The summed E-state index contributed by atoms with van der Waals surface area (Å²) in [5, 5.41) is 9.24. The minimum absolute atomic E-state index is 0.225. The molecule has 0 bridgehead atoms. The van der Waals surface area contributed by atoms with Gasteiger partial charge in [0, 0.05) is 24.5 Å². The van der Waals surface area contributed by atoms with E-state index in [0.29, 0.717) is 21.8 Å². The molecule has 0 aliphatic heterocycles. The number of fused-ring (bicyclic) bond motifs is 1. The molecule has 0 aliphatic carbocycles. The van der Waals surface area contributed by atoms with Crippen molar-refractivity contribution in [2.45, 2.75) is 39.8 Å². The maximum absolute atomic E-state index is 6.24. The standard InChI is InChI=1S/C15H18Cl2N6/c1-8(2)22-6-11(16)10-5-18-15(20-14(10)22)19-12-7-23(9(3)4)21-13(12)17/h5-9H,1-4H3,(H,18,19,20). The molecule has 0 atom stereocenters. The molecule has 3 aromatic rings. The first-order valence-electron chi connectivity index (χ1n) is 7.41. The highest BCUT2D eigenvalue weighted by Crippen LogP contribution is 2.29. The molecule has 0 aromatic carbocycles. The second-order valence-corrected chi connectivity index (χ2v) is 6.71. The fourth-order valence-corrected chi connectivity index (χ4v) is 2.71. The number of halogens is 2. The molecular weight excluding hydrogens is 335 g/mol. The summed E-state index contributed by atoms with van der Waals surface area (Å²) < 4.78 is 3.81. The Bertz CT molecular complexity index is 849. The van der Waals surface area contributed by atoms with Crippen LogP contribution < -0.4 is 5.32 Å². The molecule has 3 rings (SSSR count). The van der Waals surface area contributed by atoms with Gasteiger partial charge in [0.25, 0.3) is 0 Å². The van der Waals surface area contributed by atoms with Crippen molar-refractivity contribution in [2.24, 2.45) is 0 Å². The fraction of sp³-hybridized carbons (Fsp3) is 0.400. The number of aromatic nitrogens is 5. The molecule has 0 spiro atoms. The lowest BCUT2D eigenvalue weighted by Crippen LogP contribution is -2.03. The first-order valence-corrected chi connectivity index (χ1v) is 8.17. The van der Waals surface area contributed by atoms with Crippen LogP contribution in [0.2, 0.25) is 10.2 Å². The van der Waals surface area contributed by atoms with Gasteiger partial charge in [-0.15, -0.1) is 0 Å². The Morgan fingerprint density at radius 2 is 1.83 bits per heavy atom. The summed E-state index contributed by atoms with van der Waals surface area (Å²) in [6, 6.07) is 0.475. The molecule has 0 aliphatic rings. The molecule has 23 heavy (non-hydrogen) atoms. The van der Waals surface area contributed by atoms with Crippen molar-refractivity contribution < 1.29 is 0 Å². The molecular formula is C15H18Cl2N6. The van der Waals surface area contributed by atoms with Gasteiger partial charge in [-0.05, 0) is 27.7 Å². The summed E-state index contributed by atoms with van der Waals surface area (Å²) in [5.74, 6) is 0.458. The number of nitrogens with zero attached hydrogens (tertiary/aromatic N) is 5. The van der Waals surface area contributed by atoms with Crippen molar-refractivity contribution in [2.75, 3.05) is 5.32 Å². The lowest BCUT2D eigenvalue weighted by atomic mass is 10.4. The van der Waals surface area contributed by atoms with Gasteiger partial charge >= 0.3 is 0 Å². The molecule has 3 aromatic heterocycles. The second-order valence-electron chi connectivity index (χ2n) is 5.94. The molecule has 0 saturated carbocycles. The Morgan fingerprint density at radius 1 is 1.09 bits per heavy atom. The summed E-state index contributed by atoms with van der Waals surface area (Å²) in [7, 11) is 0. The van der Waals surface area contributed by atoms with Gasteiger partial charge in [0.1, 0.15) is 5.65 Å². The number of anilines is 2. The number of hydrogen-bond donors (Lipinski definition) is 1. The Kier molecular flexibility index (Phi) is 4.21. The van der Waals surface area contributed by atoms with E-state index in [9.17, 15) is 0 Å². The third kappa shape index (κ3) is 3.01. The minimum atomic E-state index is 0.225. The molecule has 8 heteroatoms. The van der Waals surface area contributed by atoms with E-state index in [2.05, 4.69) is 34.2 Å². The maximum atomic E-state index is 6.24. The molecule has 0 radical (unpaired) electrons. The summed E-state index contributed by atoms with van der Waals surface area (Å²) in [5.41, 5.74) is 1.46. The van der Waals surface area contributed by atoms with E-state index in [0.717, 1.165) is 11.0 Å². The van der Waals surface area contributed by atoms with E-state index in [1.165, 1.54) is 0 Å². The van der Waals surface area contributed by atoms with Crippen LogP contribution in [0.1, 0.15) is 39.8 Å². The van der Waals surface area contributed by atoms with Crippen LogP contribution in [0.15, 0.2) is 18.6 Å². The Morgan fingerprint density at radius 3 is 2.43 bits per heavy atom. The van der Waals surface area contributed by atoms with Crippen molar-refractivity contribution in [1.29, 1.82) is 0 Å². The summed E-state index contributed by atoms with van der Waals surface area (Å²) in [6.07, 6.45) is 5.43. The van der Waals surface area contributed by atoms with Gasteiger partial charge in [-0.1, -0.05) is 23.2 Å². The third-order valence-electron chi connectivity index (χ3n) is 3.54. The molecule has 0 saturated heterocycles. The molecule has 122 valence electrons. The van der Waals surface area contributed by atoms with Crippen molar-refractivity contribution in [3.8, 4) is 0 Å². The highest BCUT2D eigenvalue weighted by molar-refractivity contribution is 6.35. The predicted molar refractivity (Wildman–Crippen MR) is 93.8 cm³/mol. The highest BCUT2D eigenvalue weighted by Gasteiger charge is 2.14. The maximum Gasteiger partial charge on any atom is 0.229 e. The second kappa shape index (κ2) is 6.02. The van der Waals surface area contributed by atoms with Crippen LogP contribution in [0, 0.1) is 0 Å².